The van der Waals surface area contributed by atoms with Gasteiger partial charge in [-0.1, -0.05) is 18.2 Å². The molecule has 2 aromatic rings. The van der Waals surface area contributed by atoms with Crippen LogP contribution in [0.25, 0.3) is 0 Å². The van der Waals surface area contributed by atoms with Crippen LogP contribution in [-0.4, -0.2) is 27.0 Å². The summed E-state index contributed by atoms with van der Waals surface area (Å²) in [5.74, 6) is -1.24. The maximum atomic E-state index is 12.1. The number of para-hydroxylation sites is 1. The standard InChI is InChI=1S/C15H15N3O3/c1-10-8-17-13(9-16-10)15(21)18-12-5-3-2-4-11(12)6-7-14(19)20/h2-5,8-9H,6-7H2,1H3,(H,18,21)(H,19,20). The number of hydrogen-bond donors (Lipinski definition) is 2. The number of carbonyl (C=O) groups is 2. The van der Waals surface area contributed by atoms with E-state index in [0.717, 1.165) is 11.3 Å². The highest BCUT2D eigenvalue weighted by molar-refractivity contribution is 6.03. The summed E-state index contributed by atoms with van der Waals surface area (Å²) in [5, 5.41) is 11.5. The predicted molar refractivity (Wildman–Crippen MR) is 77.1 cm³/mol. The Labute approximate surface area is 121 Å². The van der Waals surface area contributed by atoms with Gasteiger partial charge in [0.25, 0.3) is 5.91 Å². The molecule has 2 rings (SSSR count). The van der Waals surface area contributed by atoms with E-state index in [9.17, 15) is 9.59 Å². The number of carboxylic acids is 1. The Morgan fingerprint density at radius 3 is 2.62 bits per heavy atom. The molecule has 0 atom stereocenters. The summed E-state index contributed by atoms with van der Waals surface area (Å²) in [6.07, 6.45) is 3.29. The van der Waals surface area contributed by atoms with Gasteiger partial charge in [-0.05, 0) is 25.0 Å². The molecule has 0 unspecified atom stereocenters. The fourth-order valence-corrected chi connectivity index (χ4v) is 1.80. The first kappa shape index (κ1) is 14.6. The topological polar surface area (TPSA) is 92.2 Å². The van der Waals surface area contributed by atoms with Crippen LogP contribution in [0.3, 0.4) is 0 Å². The molecule has 0 radical (unpaired) electrons. The monoisotopic (exact) mass is 285 g/mol. The van der Waals surface area contributed by atoms with Crippen LogP contribution in [0.1, 0.15) is 28.2 Å². The summed E-state index contributed by atoms with van der Waals surface area (Å²) in [6, 6.07) is 7.11. The van der Waals surface area contributed by atoms with E-state index in [2.05, 4.69) is 15.3 Å². The van der Waals surface area contributed by atoms with E-state index >= 15 is 0 Å². The van der Waals surface area contributed by atoms with E-state index in [1.54, 1.807) is 31.2 Å². The zero-order valence-corrected chi connectivity index (χ0v) is 11.5. The lowest BCUT2D eigenvalue weighted by molar-refractivity contribution is -0.136. The number of anilines is 1. The molecule has 1 heterocycles. The van der Waals surface area contributed by atoms with Crippen LogP contribution in [0.2, 0.25) is 0 Å². The number of aryl methyl sites for hydroxylation is 2. The van der Waals surface area contributed by atoms with Crippen LogP contribution >= 0.6 is 0 Å². The molecule has 0 fully saturated rings. The maximum Gasteiger partial charge on any atom is 0.303 e. The third-order valence-electron chi connectivity index (χ3n) is 2.89. The minimum atomic E-state index is -0.875. The lowest BCUT2D eigenvalue weighted by atomic mass is 10.1. The summed E-state index contributed by atoms with van der Waals surface area (Å²) in [6.45, 7) is 1.79. The molecule has 1 aromatic heterocycles. The number of carboxylic acid groups (broad SMARTS) is 1. The SMILES string of the molecule is Cc1cnc(C(=O)Nc2ccccc2CCC(=O)O)cn1. The molecule has 21 heavy (non-hydrogen) atoms. The van der Waals surface area contributed by atoms with Gasteiger partial charge in [0.1, 0.15) is 5.69 Å². The molecule has 1 aromatic carbocycles. The molecule has 0 spiro atoms. The van der Waals surface area contributed by atoms with Gasteiger partial charge in [-0.25, -0.2) is 4.98 Å². The molecule has 0 saturated carbocycles. The Balaban J connectivity index is 2.13. The third-order valence-corrected chi connectivity index (χ3v) is 2.89. The van der Waals surface area contributed by atoms with Crippen LogP contribution in [-0.2, 0) is 11.2 Å². The first-order chi connectivity index (χ1) is 10.1. The molecule has 108 valence electrons. The van der Waals surface area contributed by atoms with Gasteiger partial charge in [-0.2, -0.15) is 0 Å². The van der Waals surface area contributed by atoms with Crippen LogP contribution in [0.15, 0.2) is 36.7 Å². The molecular weight excluding hydrogens is 270 g/mol. The summed E-state index contributed by atoms with van der Waals surface area (Å²) in [5.41, 5.74) is 2.31. The lowest BCUT2D eigenvalue weighted by Gasteiger charge is -2.10. The highest BCUT2D eigenvalue weighted by Crippen LogP contribution is 2.17. The molecule has 6 heteroatoms. The van der Waals surface area contributed by atoms with E-state index in [4.69, 9.17) is 5.11 Å². The maximum absolute atomic E-state index is 12.1. The summed E-state index contributed by atoms with van der Waals surface area (Å²) in [4.78, 5) is 30.8. The number of aliphatic carboxylic acids is 1. The van der Waals surface area contributed by atoms with Crippen molar-refractivity contribution in [3.8, 4) is 0 Å². The Morgan fingerprint density at radius 1 is 1.19 bits per heavy atom. The minimum Gasteiger partial charge on any atom is -0.481 e. The zero-order chi connectivity index (χ0) is 15.2. The number of aromatic nitrogens is 2. The van der Waals surface area contributed by atoms with Crippen molar-refractivity contribution in [2.75, 3.05) is 5.32 Å². The smallest absolute Gasteiger partial charge is 0.303 e. The predicted octanol–water partition coefficient (Wildman–Crippen LogP) is 2.05. The van der Waals surface area contributed by atoms with Crippen molar-refractivity contribution < 1.29 is 14.7 Å². The largest absolute Gasteiger partial charge is 0.481 e. The quantitative estimate of drug-likeness (QED) is 0.877. The molecule has 0 aliphatic carbocycles. The van der Waals surface area contributed by atoms with Gasteiger partial charge in [-0.3, -0.25) is 14.6 Å². The third kappa shape index (κ3) is 4.10. The first-order valence-corrected chi connectivity index (χ1v) is 6.46. The normalized spacial score (nSPS) is 10.1. The van der Waals surface area contributed by atoms with Gasteiger partial charge < -0.3 is 10.4 Å². The van der Waals surface area contributed by atoms with Crippen molar-refractivity contribution in [1.82, 2.24) is 9.97 Å². The highest BCUT2D eigenvalue weighted by Gasteiger charge is 2.11. The van der Waals surface area contributed by atoms with E-state index in [-0.39, 0.29) is 18.0 Å². The molecule has 0 aliphatic heterocycles. The van der Waals surface area contributed by atoms with Gasteiger partial charge in [0, 0.05) is 18.3 Å². The van der Waals surface area contributed by atoms with Crippen LogP contribution in [0.4, 0.5) is 5.69 Å². The number of nitrogens with zero attached hydrogens (tertiary/aromatic N) is 2. The second-order valence-electron chi connectivity index (χ2n) is 4.55. The van der Waals surface area contributed by atoms with Crippen LogP contribution in [0, 0.1) is 6.92 Å². The molecule has 0 aliphatic rings. The van der Waals surface area contributed by atoms with E-state index in [1.807, 2.05) is 0 Å². The highest BCUT2D eigenvalue weighted by atomic mass is 16.4. The van der Waals surface area contributed by atoms with Crippen molar-refractivity contribution in [2.45, 2.75) is 19.8 Å². The molecular formula is C15H15N3O3. The van der Waals surface area contributed by atoms with Crippen molar-refractivity contribution in [3.63, 3.8) is 0 Å². The summed E-state index contributed by atoms with van der Waals surface area (Å²) < 4.78 is 0. The first-order valence-electron chi connectivity index (χ1n) is 6.46. The Morgan fingerprint density at radius 2 is 1.95 bits per heavy atom. The van der Waals surface area contributed by atoms with Gasteiger partial charge in [0.2, 0.25) is 0 Å². The number of carbonyl (C=O) groups excluding carboxylic acids is 1. The summed E-state index contributed by atoms with van der Waals surface area (Å²) in [7, 11) is 0. The van der Waals surface area contributed by atoms with Gasteiger partial charge in [0.05, 0.1) is 11.9 Å². The summed E-state index contributed by atoms with van der Waals surface area (Å²) >= 11 is 0. The van der Waals surface area contributed by atoms with E-state index in [0.29, 0.717) is 12.1 Å². The second-order valence-corrected chi connectivity index (χ2v) is 4.55. The fourth-order valence-electron chi connectivity index (χ4n) is 1.80. The van der Waals surface area contributed by atoms with Crippen molar-refractivity contribution in [2.24, 2.45) is 0 Å². The van der Waals surface area contributed by atoms with Crippen molar-refractivity contribution in [1.29, 1.82) is 0 Å². The fraction of sp³-hybridized carbons (Fsp3) is 0.200. The van der Waals surface area contributed by atoms with E-state index < -0.39 is 5.97 Å². The van der Waals surface area contributed by atoms with Crippen LogP contribution < -0.4 is 5.32 Å². The second kappa shape index (κ2) is 6.60. The Bertz CT molecular complexity index is 653. The van der Waals surface area contributed by atoms with Gasteiger partial charge >= 0.3 is 5.97 Å². The Hall–Kier alpha value is -2.76. The molecule has 6 nitrogen and oxygen atoms in total. The average molecular weight is 285 g/mol. The van der Waals surface area contributed by atoms with Crippen LogP contribution in [0.5, 0.6) is 0 Å². The molecule has 0 bridgehead atoms. The Kier molecular flexibility index (Phi) is 4.61. The zero-order valence-electron chi connectivity index (χ0n) is 11.5. The molecule has 1 amide bonds. The average Bonchev–Trinajstić information content (AvgIpc) is 2.47. The number of nitrogens with one attached hydrogen (secondary N) is 1. The molecule has 2 N–H and O–H groups in total. The number of hydrogen-bond acceptors (Lipinski definition) is 4. The van der Waals surface area contributed by atoms with Gasteiger partial charge in [-0.15, -0.1) is 0 Å². The van der Waals surface area contributed by atoms with Gasteiger partial charge in [0.15, 0.2) is 0 Å². The lowest BCUT2D eigenvalue weighted by Crippen LogP contribution is -2.15. The minimum absolute atomic E-state index is 0.0111. The number of benzene rings is 1. The number of rotatable bonds is 5. The molecule has 0 saturated heterocycles. The van der Waals surface area contributed by atoms with Crippen molar-refractivity contribution >= 4 is 17.6 Å². The van der Waals surface area contributed by atoms with E-state index in [1.165, 1.54) is 12.4 Å². The van der Waals surface area contributed by atoms with Crippen molar-refractivity contribution in [3.05, 3.63) is 53.6 Å². The number of amides is 1.